The van der Waals surface area contributed by atoms with Gasteiger partial charge in [0.2, 0.25) is 5.91 Å². The first-order valence-electron chi connectivity index (χ1n) is 8.47. The Morgan fingerprint density at radius 1 is 1.35 bits per heavy atom. The van der Waals surface area contributed by atoms with E-state index in [0.717, 1.165) is 39.0 Å². The molecule has 0 saturated carbocycles. The molecule has 2 rings (SSSR count). The highest BCUT2D eigenvalue weighted by Crippen LogP contribution is 2.07. The van der Waals surface area contributed by atoms with E-state index in [1.165, 1.54) is 5.56 Å². The lowest BCUT2D eigenvalue weighted by molar-refractivity contribution is -0.128. The van der Waals surface area contributed by atoms with Gasteiger partial charge in [-0.15, -0.1) is 0 Å². The van der Waals surface area contributed by atoms with Crippen molar-refractivity contribution >= 4 is 5.91 Å². The molecule has 5 nitrogen and oxygen atoms in total. The van der Waals surface area contributed by atoms with E-state index in [9.17, 15) is 4.79 Å². The Morgan fingerprint density at radius 2 is 2.04 bits per heavy atom. The average molecular weight is 319 g/mol. The van der Waals surface area contributed by atoms with Gasteiger partial charge < -0.3 is 20.3 Å². The number of amides is 1. The monoisotopic (exact) mass is 319 g/mol. The van der Waals surface area contributed by atoms with Crippen molar-refractivity contribution in [1.29, 1.82) is 0 Å². The van der Waals surface area contributed by atoms with Crippen molar-refractivity contribution in [3.63, 3.8) is 0 Å². The van der Waals surface area contributed by atoms with Crippen LogP contribution in [-0.2, 0) is 16.1 Å². The molecule has 0 spiro atoms. The van der Waals surface area contributed by atoms with Crippen molar-refractivity contribution in [3.05, 3.63) is 35.9 Å². The lowest BCUT2D eigenvalue weighted by Gasteiger charge is -2.24. The van der Waals surface area contributed by atoms with Gasteiger partial charge in [-0.1, -0.05) is 30.3 Å². The number of likely N-dealkylation sites (N-methyl/N-ethyl adjacent to an activating group) is 1. The van der Waals surface area contributed by atoms with Gasteiger partial charge in [0.1, 0.15) is 6.61 Å². The summed E-state index contributed by atoms with van der Waals surface area (Å²) in [6.45, 7) is 5.85. The maximum absolute atomic E-state index is 12.0. The zero-order valence-corrected chi connectivity index (χ0v) is 14.3. The second kappa shape index (κ2) is 9.65. The number of rotatable bonds is 8. The predicted molar refractivity (Wildman–Crippen MR) is 92.2 cm³/mol. The van der Waals surface area contributed by atoms with Gasteiger partial charge in [-0.2, -0.15) is 0 Å². The Kier molecular flexibility index (Phi) is 7.52. The summed E-state index contributed by atoms with van der Waals surface area (Å²) >= 11 is 0. The number of nitrogens with one attached hydrogen (secondary N) is 2. The number of ether oxygens (including phenoxy) is 1. The number of nitrogens with zero attached hydrogens (tertiary/aromatic N) is 1. The van der Waals surface area contributed by atoms with E-state index < -0.39 is 0 Å². The molecule has 23 heavy (non-hydrogen) atoms. The first-order chi connectivity index (χ1) is 11.1. The minimum absolute atomic E-state index is 0.0239. The molecule has 1 atom stereocenters. The van der Waals surface area contributed by atoms with Crippen molar-refractivity contribution in [2.75, 3.05) is 33.3 Å². The molecular formula is C18H29N3O2. The normalized spacial score (nSPS) is 17.2. The predicted octanol–water partition coefficient (Wildman–Crippen LogP) is 1.39. The third kappa shape index (κ3) is 7.12. The van der Waals surface area contributed by atoms with Crippen LogP contribution in [0.3, 0.4) is 0 Å². The van der Waals surface area contributed by atoms with Crippen molar-refractivity contribution < 1.29 is 9.53 Å². The summed E-state index contributed by atoms with van der Waals surface area (Å²) in [7, 11) is 2.07. The summed E-state index contributed by atoms with van der Waals surface area (Å²) in [6, 6.07) is 10.5. The smallest absolute Gasteiger partial charge is 0.246 e. The van der Waals surface area contributed by atoms with Crippen LogP contribution in [0.2, 0.25) is 0 Å². The molecule has 1 unspecified atom stereocenters. The van der Waals surface area contributed by atoms with Crippen molar-refractivity contribution in [1.82, 2.24) is 15.5 Å². The molecule has 1 aromatic rings. The Balaban J connectivity index is 1.62. The Bertz CT molecular complexity index is 461. The topological polar surface area (TPSA) is 53.6 Å². The van der Waals surface area contributed by atoms with Crippen molar-refractivity contribution in [2.45, 2.75) is 38.5 Å². The number of piperidine rings is 1. The summed E-state index contributed by atoms with van der Waals surface area (Å²) in [5.41, 5.74) is 1.28. The fraction of sp³-hybridized carbons (Fsp3) is 0.611. The molecule has 0 bridgehead atoms. The zero-order chi connectivity index (χ0) is 16.5. The highest BCUT2D eigenvalue weighted by Gasteiger charge is 2.16. The lowest BCUT2D eigenvalue weighted by Crippen LogP contribution is -2.43. The third-order valence-corrected chi connectivity index (χ3v) is 4.02. The van der Waals surface area contributed by atoms with E-state index in [1.807, 2.05) is 25.1 Å². The van der Waals surface area contributed by atoms with E-state index in [4.69, 9.17) is 4.74 Å². The van der Waals surface area contributed by atoms with E-state index in [0.29, 0.717) is 0 Å². The van der Waals surface area contributed by atoms with Crippen molar-refractivity contribution in [3.8, 4) is 0 Å². The number of hydrogen-bond acceptors (Lipinski definition) is 4. The molecule has 1 fully saturated rings. The van der Waals surface area contributed by atoms with E-state index in [-0.39, 0.29) is 24.7 Å². The zero-order valence-electron chi connectivity index (χ0n) is 14.3. The van der Waals surface area contributed by atoms with Gasteiger partial charge in [-0.05, 0) is 45.5 Å². The summed E-state index contributed by atoms with van der Waals surface area (Å²) in [6.07, 6.45) is 2.20. The largest absolute Gasteiger partial charge is 0.368 e. The molecule has 128 valence electrons. The molecule has 1 amide bonds. The van der Waals surface area contributed by atoms with Crippen LogP contribution in [0, 0.1) is 0 Å². The maximum Gasteiger partial charge on any atom is 0.246 e. The highest BCUT2D eigenvalue weighted by atomic mass is 16.5. The van der Waals surface area contributed by atoms with Crippen LogP contribution in [-0.4, -0.2) is 56.2 Å². The number of carbonyl (C=O) groups is 1. The van der Waals surface area contributed by atoms with Crippen LogP contribution in [0.5, 0.6) is 0 Å². The molecule has 5 heteroatoms. The van der Waals surface area contributed by atoms with Gasteiger partial charge in [0.25, 0.3) is 0 Å². The van der Waals surface area contributed by atoms with E-state index in [1.54, 1.807) is 0 Å². The van der Waals surface area contributed by atoms with Gasteiger partial charge in [0.05, 0.1) is 6.10 Å². The lowest BCUT2D eigenvalue weighted by atomic mass is 10.1. The summed E-state index contributed by atoms with van der Waals surface area (Å²) in [5, 5.41) is 6.30. The number of carbonyl (C=O) groups excluding carboxylic acids is 1. The van der Waals surface area contributed by atoms with Crippen LogP contribution in [0.4, 0.5) is 0 Å². The van der Waals surface area contributed by atoms with Crippen LogP contribution in [0.25, 0.3) is 0 Å². The Morgan fingerprint density at radius 3 is 2.74 bits per heavy atom. The quantitative estimate of drug-likeness (QED) is 0.760. The van der Waals surface area contributed by atoms with Gasteiger partial charge in [0.15, 0.2) is 0 Å². The number of hydrogen-bond donors (Lipinski definition) is 2. The summed E-state index contributed by atoms with van der Waals surface area (Å²) in [4.78, 5) is 14.2. The molecule has 1 aliphatic rings. The molecule has 1 aliphatic heterocycles. The van der Waals surface area contributed by atoms with Gasteiger partial charge in [-0.3, -0.25) is 4.79 Å². The average Bonchev–Trinajstić information content (AvgIpc) is 2.54. The Hall–Kier alpha value is -1.43. The third-order valence-electron chi connectivity index (χ3n) is 4.02. The molecule has 2 N–H and O–H groups in total. The van der Waals surface area contributed by atoms with Crippen LogP contribution in [0.15, 0.2) is 30.3 Å². The minimum atomic E-state index is -0.0239. The van der Waals surface area contributed by atoms with Crippen LogP contribution < -0.4 is 10.6 Å². The standard InChI is InChI=1S/C18H29N3O2/c1-15(12-21(2)13-16-6-4-3-5-7-16)20-18(22)14-23-17-8-10-19-11-9-17/h3-7,15,17,19H,8-14H2,1-2H3,(H,20,22). The first-order valence-corrected chi connectivity index (χ1v) is 8.47. The molecule has 1 saturated heterocycles. The molecule has 1 heterocycles. The van der Waals surface area contributed by atoms with Crippen LogP contribution >= 0.6 is 0 Å². The fourth-order valence-electron chi connectivity index (χ4n) is 2.94. The molecule has 1 aromatic carbocycles. The molecular weight excluding hydrogens is 290 g/mol. The molecule has 0 aromatic heterocycles. The van der Waals surface area contributed by atoms with Gasteiger partial charge in [0, 0.05) is 19.1 Å². The maximum atomic E-state index is 12.0. The second-order valence-corrected chi connectivity index (χ2v) is 6.41. The molecule has 0 aliphatic carbocycles. The highest BCUT2D eigenvalue weighted by molar-refractivity contribution is 5.77. The van der Waals surface area contributed by atoms with Crippen LogP contribution in [0.1, 0.15) is 25.3 Å². The second-order valence-electron chi connectivity index (χ2n) is 6.41. The number of benzene rings is 1. The van der Waals surface area contributed by atoms with Gasteiger partial charge in [-0.25, -0.2) is 0 Å². The fourth-order valence-corrected chi connectivity index (χ4v) is 2.94. The SMILES string of the molecule is CC(CN(C)Cc1ccccc1)NC(=O)COC1CCNCC1. The summed E-state index contributed by atoms with van der Waals surface area (Å²) in [5.74, 6) is -0.0239. The van der Waals surface area contributed by atoms with Crippen molar-refractivity contribution in [2.24, 2.45) is 0 Å². The van der Waals surface area contributed by atoms with Gasteiger partial charge >= 0.3 is 0 Å². The Labute approximate surface area is 139 Å². The molecule has 0 radical (unpaired) electrons. The van der Waals surface area contributed by atoms with E-state index in [2.05, 4.69) is 34.7 Å². The summed E-state index contributed by atoms with van der Waals surface area (Å²) < 4.78 is 5.68. The first kappa shape index (κ1) is 17.9. The van der Waals surface area contributed by atoms with E-state index >= 15 is 0 Å². The minimum Gasteiger partial charge on any atom is -0.368 e.